The van der Waals surface area contributed by atoms with Crippen LogP contribution in [0.15, 0.2) is 60.7 Å². The predicted octanol–water partition coefficient (Wildman–Crippen LogP) is 6.33. The van der Waals surface area contributed by atoms with Gasteiger partial charge in [-0.15, -0.1) is 0 Å². The van der Waals surface area contributed by atoms with Crippen molar-refractivity contribution in [3.05, 3.63) is 66.2 Å². The van der Waals surface area contributed by atoms with Crippen LogP contribution >= 0.6 is 0 Å². The molecular weight excluding hydrogens is 610 g/mol. The van der Waals surface area contributed by atoms with Gasteiger partial charge in [0.15, 0.2) is 0 Å². The van der Waals surface area contributed by atoms with Gasteiger partial charge >= 0.3 is 12.1 Å². The number of likely N-dealkylation sites (N-methyl/N-ethyl adjacent to an activating group) is 1. The number of benzene rings is 3. The molecular formula is C37H51N5O6. The lowest BCUT2D eigenvalue weighted by molar-refractivity contribution is -0.0115. The minimum absolute atomic E-state index is 0.0611. The molecule has 0 bridgehead atoms. The van der Waals surface area contributed by atoms with Crippen molar-refractivity contribution < 1.29 is 29.0 Å². The number of hydrogen-bond acceptors (Lipinski definition) is 6. The molecule has 0 saturated carbocycles. The number of nitrogens with zero attached hydrogens (tertiary/aromatic N) is 2. The van der Waals surface area contributed by atoms with Crippen LogP contribution in [0.2, 0.25) is 0 Å². The largest absolute Gasteiger partial charge is 0.490 e. The Labute approximate surface area is 284 Å². The van der Waals surface area contributed by atoms with Crippen molar-refractivity contribution in [2.24, 2.45) is 5.92 Å². The Morgan fingerprint density at radius 3 is 2.52 bits per heavy atom. The van der Waals surface area contributed by atoms with E-state index in [0.29, 0.717) is 24.6 Å². The number of carbonyl (C=O) groups is 3. The van der Waals surface area contributed by atoms with Gasteiger partial charge < -0.3 is 40.3 Å². The molecule has 3 aromatic carbocycles. The van der Waals surface area contributed by atoms with Crippen molar-refractivity contribution in [1.82, 2.24) is 15.1 Å². The van der Waals surface area contributed by atoms with Crippen molar-refractivity contribution in [1.29, 1.82) is 0 Å². The van der Waals surface area contributed by atoms with Gasteiger partial charge in [-0.2, -0.15) is 0 Å². The normalized spacial score (nSPS) is 19.9. The summed E-state index contributed by atoms with van der Waals surface area (Å²) in [7, 11) is 1.74. The molecule has 0 saturated heterocycles. The highest BCUT2D eigenvalue weighted by atomic mass is 16.5. The highest BCUT2D eigenvalue weighted by Crippen LogP contribution is 2.29. The zero-order valence-corrected chi connectivity index (χ0v) is 29.0. The van der Waals surface area contributed by atoms with Crippen molar-refractivity contribution in [2.45, 2.75) is 78.2 Å². The molecule has 5 amide bonds. The monoisotopic (exact) mass is 661 g/mol. The van der Waals surface area contributed by atoms with Gasteiger partial charge in [0.2, 0.25) is 0 Å². The van der Waals surface area contributed by atoms with Crippen molar-refractivity contribution in [2.75, 3.05) is 44.0 Å². The summed E-state index contributed by atoms with van der Waals surface area (Å²) in [6.07, 6.45) is 1.84. The molecule has 11 heteroatoms. The van der Waals surface area contributed by atoms with Gasteiger partial charge in [-0.3, -0.25) is 4.79 Å². The van der Waals surface area contributed by atoms with Gasteiger partial charge in [0.05, 0.1) is 36.1 Å². The number of aliphatic hydroxyl groups is 1. The average Bonchev–Trinajstić information content (AvgIpc) is 3.05. The fourth-order valence-electron chi connectivity index (χ4n) is 5.79. The molecule has 0 aliphatic carbocycles. The molecule has 4 rings (SSSR count). The lowest BCUT2D eigenvalue weighted by Gasteiger charge is -2.35. The first kappa shape index (κ1) is 36.5. The molecule has 48 heavy (non-hydrogen) atoms. The smallest absolute Gasteiger partial charge is 0.321 e. The lowest BCUT2D eigenvalue weighted by Crippen LogP contribution is -2.48. The van der Waals surface area contributed by atoms with E-state index in [-0.39, 0.29) is 54.7 Å². The summed E-state index contributed by atoms with van der Waals surface area (Å²) in [5.74, 6) is -0.128. The van der Waals surface area contributed by atoms with Crippen LogP contribution in [-0.2, 0) is 4.74 Å². The van der Waals surface area contributed by atoms with Gasteiger partial charge in [-0.05, 0) is 76.6 Å². The highest BCUT2D eigenvalue weighted by Gasteiger charge is 2.31. The van der Waals surface area contributed by atoms with E-state index in [1.165, 1.54) is 0 Å². The summed E-state index contributed by atoms with van der Waals surface area (Å²) < 4.78 is 12.7. The predicted molar refractivity (Wildman–Crippen MR) is 190 cm³/mol. The van der Waals surface area contributed by atoms with Crippen LogP contribution in [-0.4, -0.2) is 90.5 Å². The standard InChI is InChI=1S/C37H51N5O6/c1-24(2)38-36(45)39-29-17-18-33-31(20-29)35(44)42(26(4)23-43)21-25(3)34(47-19-10-9-12-27(5)48-33)22-41(6)37(46)40-32-16-11-14-28-13-7-8-15-30(28)32/h7-8,11,13-18,20,24-27,34,43H,9-10,12,19,21-23H2,1-6H3,(H,40,46)(H2,38,39,45)/t25-,26+,27+,34+/m0/s1. The highest BCUT2D eigenvalue weighted by molar-refractivity contribution is 6.01. The summed E-state index contributed by atoms with van der Waals surface area (Å²) in [6.45, 7) is 10.3. The third kappa shape index (κ3) is 9.84. The zero-order valence-electron chi connectivity index (χ0n) is 29.0. The minimum atomic E-state index is -0.521. The van der Waals surface area contributed by atoms with Gasteiger partial charge in [-0.1, -0.05) is 43.3 Å². The number of nitrogens with one attached hydrogen (secondary N) is 3. The maximum atomic E-state index is 14.3. The summed E-state index contributed by atoms with van der Waals surface area (Å²) >= 11 is 0. The van der Waals surface area contributed by atoms with E-state index in [4.69, 9.17) is 9.47 Å². The molecule has 4 atom stereocenters. The Bertz CT molecular complexity index is 1540. The fourth-order valence-corrected chi connectivity index (χ4v) is 5.79. The zero-order chi connectivity index (χ0) is 34.8. The van der Waals surface area contributed by atoms with Crippen LogP contribution in [0.25, 0.3) is 10.8 Å². The average molecular weight is 662 g/mol. The SMILES string of the molecule is CC(C)NC(=O)Nc1ccc2c(c1)C(=O)N([C@H](C)CO)C[C@H](C)[C@@H](CN(C)C(=O)Nc1cccc3ccccc13)OCCCC[C@@H](C)O2. The van der Waals surface area contributed by atoms with Crippen molar-refractivity contribution in [3.8, 4) is 5.75 Å². The number of amides is 5. The minimum Gasteiger partial charge on any atom is -0.490 e. The Morgan fingerprint density at radius 1 is 1.02 bits per heavy atom. The number of ether oxygens (including phenoxy) is 2. The van der Waals surface area contributed by atoms with Gasteiger partial charge in [-0.25, -0.2) is 9.59 Å². The molecule has 1 aliphatic heterocycles. The first-order chi connectivity index (χ1) is 23.0. The third-order valence-electron chi connectivity index (χ3n) is 8.56. The number of rotatable bonds is 7. The van der Waals surface area contributed by atoms with Crippen LogP contribution in [0.5, 0.6) is 5.75 Å². The maximum Gasteiger partial charge on any atom is 0.321 e. The Morgan fingerprint density at radius 2 is 1.77 bits per heavy atom. The van der Waals surface area contributed by atoms with Gasteiger partial charge in [0.1, 0.15) is 5.75 Å². The number of carbonyl (C=O) groups excluding carboxylic acids is 3. The molecule has 0 spiro atoms. The van der Waals surface area contributed by atoms with E-state index >= 15 is 0 Å². The van der Waals surface area contributed by atoms with E-state index in [1.54, 1.807) is 42.0 Å². The van der Waals surface area contributed by atoms with E-state index in [1.807, 2.05) is 70.2 Å². The van der Waals surface area contributed by atoms with E-state index in [0.717, 1.165) is 35.7 Å². The summed E-state index contributed by atoms with van der Waals surface area (Å²) in [4.78, 5) is 43.4. The molecule has 0 radical (unpaired) electrons. The van der Waals surface area contributed by atoms with Crippen molar-refractivity contribution in [3.63, 3.8) is 0 Å². The molecule has 1 aliphatic rings. The second-order valence-electron chi connectivity index (χ2n) is 13.1. The van der Waals surface area contributed by atoms with E-state index < -0.39 is 12.1 Å². The number of fused-ring (bicyclic) bond motifs is 2. The first-order valence-corrected chi connectivity index (χ1v) is 16.9. The second kappa shape index (κ2) is 17.2. The Kier molecular flexibility index (Phi) is 13.0. The Balaban J connectivity index is 1.58. The summed E-state index contributed by atoms with van der Waals surface area (Å²) in [6, 6.07) is 17.5. The molecule has 11 nitrogen and oxygen atoms in total. The number of urea groups is 2. The number of aliphatic hydroxyl groups excluding tert-OH is 1. The molecule has 1 heterocycles. The third-order valence-corrected chi connectivity index (χ3v) is 8.56. The Hall–Kier alpha value is -4.35. The molecule has 0 unspecified atom stereocenters. The van der Waals surface area contributed by atoms with Gasteiger partial charge in [0, 0.05) is 49.8 Å². The second-order valence-corrected chi connectivity index (χ2v) is 13.1. The number of anilines is 2. The van der Waals surface area contributed by atoms with Crippen LogP contribution in [0, 0.1) is 5.92 Å². The van der Waals surface area contributed by atoms with Gasteiger partial charge in [0.25, 0.3) is 5.91 Å². The maximum absolute atomic E-state index is 14.3. The molecule has 3 aromatic rings. The van der Waals surface area contributed by atoms with Crippen LogP contribution in [0.1, 0.15) is 64.2 Å². The summed E-state index contributed by atoms with van der Waals surface area (Å²) in [5.41, 5.74) is 1.46. The lowest BCUT2D eigenvalue weighted by atomic mass is 10.0. The summed E-state index contributed by atoms with van der Waals surface area (Å²) in [5, 5.41) is 20.9. The molecule has 4 N–H and O–H groups in total. The van der Waals surface area contributed by atoms with Crippen LogP contribution in [0.3, 0.4) is 0 Å². The number of hydrogen-bond donors (Lipinski definition) is 4. The van der Waals surface area contributed by atoms with Crippen molar-refractivity contribution >= 4 is 40.1 Å². The molecule has 0 aromatic heterocycles. The quantitative estimate of drug-likeness (QED) is 0.234. The first-order valence-electron chi connectivity index (χ1n) is 16.9. The fraction of sp³-hybridized carbons (Fsp3) is 0.486. The molecule has 0 fully saturated rings. The topological polar surface area (TPSA) is 132 Å². The van der Waals surface area contributed by atoms with E-state index in [9.17, 15) is 19.5 Å². The van der Waals surface area contributed by atoms with Crippen LogP contribution < -0.4 is 20.7 Å². The van der Waals surface area contributed by atoms with E-state index in [2.05, 4.69) is 16.0 Å². The van der Waals surface area contributed by atoms with Crippen LogP contribution in [0.4, 0.5) is 21.0 Å². The molecule has 260 valence electrons.